The van der Waals surface area contributed by atoms with Gasteiger partial charge >= 0.3 is 0 Å². The molecule has 0 saturated carbocycles. The minimum absolute atomic E-state index is 0.328. The highest BCUT2D eigenvalue weighted by molar-refractivity contribution is 7.11. The number of rotatable bonds is 2. The smallest absolute Gasteiger partial charge is 0.0972 e. The maximum absolute atomic E-state index is 5.79. The van der Waals surface area contributed by atoms with Crippen molar-refractivity contribution >= 4 is 11.3 Å². The van der Waals surface area contributed by atoms with Crippen LogP contribution in [0.3, 0.4) is 0 Å². The molecule has 2 atom stereocenters. The summed E-state index contributed by atoms with van der Waals surface area (Å²) in [5.41, 5.74) is 0. The van der Waals surface area contributed by atoms with E-state index in [9.17, 15) is 0 Å². The first-order chi connectivity index (χ1) is 7.93. The van der Waals surface area contributed by atoms with Gasteiger partial charge in [0.2, 0.25) is 0 Å². The van der Waals surface area contributed by atoms with E-state index in [1.165, 1.54) is 35.6 Å². The highest BCUT2D eigenvalue weighted by Crippen LogP contribution is 2.34. The molecule has 1 aromatic heterocycles. The number of nitrogens with zero attached hydrogens (tertiary/aromatic N) is 1. The van der Waals surface area contributed by atoms with Crippen LogP contribution in [0.1, 0.15) is 47.6 Å². The Morgan fingerprint density at radius 3 is 3.12 bits per heavy atom. The van der Waals surface area contributed by atoms with Gasteiger partial charge in [-0.05, 0) is 32.2 Å². The molecular weight excluding hydrogens is 220 g/mol. The normalized spacial score (nSPS) is 30.8. The van der Waals surface area contributed by atoms with Crippen molar-refractivity contribution in [1.29, 1.82) is 0 Å². The highest BCUT2D eigenvalue weighted by atomic mass is 32.1. The summed E-state index contributed by atoms with van der Waals surface area (Å²) >= 11 is 1.86. The molecule has 3 rings (SSSR count). The van der Waals surface area contributed by atoms with Crippen LogP contribution in [0.25, 0.3) is 0 Å². The monoisotopic (exact) mass is 238 g/mol. The number of thiazole rings is 1. The van der Waals surface area contributed by atoms with Gasteiger partial charge in [0.05, 0.1) is 16.0 Å². The molecule has 0 aliphatic carbocycles. The van der Waals surface area contributed by atoms with Crippen molar-refractivity contribution in [2.45, 2.75) is 37.7 Å². The minimum Gasteiger partial charge on any atom is -0.373 e. The Bertz CT molecular complexity index is 341. The predicted molar refractivity (Wildman–Crippen MR) is 64.9 cm³/mol. The predicted octanol–water partition coefficient (Wildman–Crippen LogP) is 2.46. The second kappa shape index (κ2) is 4.82. The van der Waals surface area contributed by atoms with E-state index in [1.807, 2.05) is 17.5 Å². The van der Waals surface area contributed by atoms with E-state index in [4.69, 9.17) is 4.74 Å². The molecule has 2 unspecified atom stereocenters. The lowest BCUT2D eigenvalue weighted by Crippen LogP contribution is -2.10. The Kier molecular flexibility index (Phi) is 3.22. The van der Waals surface area contributed by atoms with Crippen molar-refractivity contribution in [3.63, 3.8) is 0 Å². The molecule has 2 aliphatic rings. The Labute approximate surface area is 100 Å². The number of hydrogen-bond donors (Lipinski definition) is 1. The second-order valence-corrected chi connectivity index (χ2v) is 5.74. The molecule has 2 aliphatic heterocycles. The average Bonchev–Trinajstić information content (AvgIpc) is 3.01. The van der Waals surface area contributed by atoms with Crippen molar-refractivity contribution in [2.24, 2.45) is 0 Å². The van der Waals surface area contributed by atoms with Gasteiger partial charge < -0.3 is 10.1 Å². The zero-order valence-electron chi connectivity index (χ0n) is 9.45. The van der Waals surface area contributed by atoms with Crippen LogP contribution in [0.5, 0.6) is 0 Å². The fourth-order valence-electron chi connectivity index (χ4n) is 2.47. The first kappa shape index (κ1) is 10.7. The summed E-state index contributed by atoms with van der Waals surface area (Å²) in [4.78, 5) is 5.91. The third kappa shape index (κ3) is 2.14. The molecule has 88 valence electrons. The fraction of sp³-hybridized carbons (Fsp3) is 0.750. The molecule has 0 spiro atoms. The summed E-state index contributed by atoms with van der Waals surface area (Å²) in [6.07, 6.45) is 7.28. The Morgan fingerprint density at radius 1 is 1.38 bits per heavy atom. The summed E-state index contributed by atoms with van der Waals surface area (Å²) in [6.45, 7) is 3.15. The van der Waals surface area contributed by atoms with E-state index in [0.29, 0.717) is 12.0 Å². The largest absolute Gasteiger partial charge is 0.373 e. The van der Waals surface area contributed by atoms with Crippen molar-refractivity contribution in [1.82, 2.24) is 10.3 Å². The second-order valence-electron chi connectivity index (χ2n) is 4.65. The molecule has 2 fully saturated rings. The lowest BCUT2D eigenvalue weighted by atomic mass is 10.1. The van der Waals surface area contributed by atoms with Crippen LogP contribution in [0, 0.1) is 0 Å². The third-order valence-electron chi connectivity index (χ3n) is 3.45. The number of ether oxygens (including phenoxy) is 1. The van der Waals surface area contributed by atoms with Crippen LogP contribution in [-0.2, 0) is 4.74 Å². The lowest BCUT2D eigenvalue weighted by molar-refractivity contribution is 0.0171. The van der Waals surface area contributed by atoms with E-state index < -0.39 is 0 Å². The fourth-order valence-corrected chi connectivity index (χ4v) is 3.61. The first-order valence-corrected chi connectivity index (χ1v) is 7.03. The van der Waals surface area contributed by atoms with Gasteiger partial charge in [0.25, 0.3) is 0 Å². The van der Waals surface area contributed by atoms with E-state index in [2.05, 4.69) is 10.3 Å². The van der Waals surface area contributed by atoms with Crippen molar-refractivity contribution in [3.05, 3.63) is 16.1 Å². The van der Waals surface area contributed by atoms with Gasteiger partial charge in [0.1, 0.15) is 0 Å². The van der Waals surface area contributed by atoms with Crippen LogP contribution in [0.15, 0.2) is 6.20 Å². The zero-order chi connectivity index (χ0) is 10.8. The molecule has 2 saturated heterocycles. The molecule has 0 bridgehead atoms. The molecule has 1 aromatic rings. The molecule has 0 amide bonds. The van der Waals surface area contributed by atoms with Crippen molar-refractivity contribution in [3.8, 4) is 0 Å². The quantitative estimate of drug-likeness (QED) is 0.859. The first-order valence-electron chi connectivity index (χ1n) is 6.21. The van der Waals surface area contributed by atoms with Crippen LogP contribution in [0.2, 0.25) is 0 Å². The van der Waals surface area contributed by atoms with Crippen LogP contribution in [0.4, 0.5) is 0 Å². The summed E-state index contributed by atoms with van der Waals surface area (Å²) < 4.78 is 5.79. The Balaban J connectivity index is 1.71. The van der Waals surface area contributed by atoms with E-state index in [0.717, 1.165) is 19.7 Å². The van der Waals surface area contributed by atoms with Gasteiger partial charge in [-0.3, -0.25) is 0 Å². The molecule has 1 N–H and O–H groups in total. The lowest BCUT2D eigenvalue weighted by Gasteiger charge is -2.20. The average molecular weight is 238 g/mol. The van der Waals surface area contributed by atoms with Crippen LogP contribution >= 0.6 is 11.3 Å². The molecule has 4 heteroatoms. The Morgan fingerprint density at radius 2 is 2.38 bits per heavy atom. The summed E-state index contributed by atoms with van der Waals surface area (Å²) in [6, 6.07) is 0. The highest BCUT2D eigenvalue weighted by Gasteiger charge is 2.23. The Hall–Kier alpha value is -0.450. The van der Waals surface area contributed by atoms with Gasteiger partial charge in [0, 0.05) is 25.3 Å². The minimum atomic E-state index is 0.328. The van der Waals surface area contributed by atoms with Crippen LogP contribution < -0.4 is 5.32 Å². The molecule has 0 radical (unpaired) electrons. The molecular formula is C12H18N2OS. The maximum atomic E-state index is 5.79. The molecule has 3 nitrogen and oxygen atoms in total. The summed E-state index contributed by atoms with van der Waals surface area (Å²) in [5, 5.41) is 4.70. The topological polar surface area (TPSA) is 34.2 Å². The van der Waals surface area contributed by atoms with Gasteiger partial charge in [-0.2, -0.15) is 0 Å². The number of nitrogens with one attached hydrogen (secondary N) is 1. The molecule has 16 heavy (non-hydrogen) atoms. The summed E-state index contributed by atoms with van der Waals surface area (Å²) in [5.74, 6) is 0.641. The van der Waals surface area contributed by atoms with E-state index >= 15 is 0 Å². The number of aromatic nitrogens is 1. The van der Waals surface area contributed by atoms with Gasteiger partial charge in [-0.1, -0.05) is 0 Å². The van der Waals surface area contributed by atoms with E-state index in [-0.39, 0.29) is 0 Å². The van der Waals surface area contributed by atoms with Gasteiger partial charge in [0.15, 0.2) is 0 Å². The third-order valence-corrected chi connectivity index (χ3v) is 4.70. The summed E-state index contributed by atoms with van der Waals surface area (Å²) in [7, 11) is 0. The van der Waals surface area contributed by atoms with Gasteiger partial charge in [-0.15, -0.1) is 11.3 Å². The molecule has 0 aromatic carbocycles. The standard InChI is InChI=1S/C12H18N2OS/c1-2-6-15-10(3-1)11-8-14-12(16-11)9-4-5-13-7-9/h8-10,13H,1-7H2. The number of hydrogen-bond acceptors (Lipinski definition) is 4. The SMILES string of the molecule is c1nc(C2CCNC2)sc1C1CCCCO1. The van der Waals surface area contributed by atoms with Crippen LogP contribution in [-0.4, -0.2) is 24.7 Å². The zero-order valence-corrected chi connectivity index (χ0v) is 10.3. The van der Waals surface area contributed by atoms with Crippen molar-refractivity contribution < 1.29 is 4.74 Å². The van der Waals surface area contributed by atoms with Gasteiger partial charge in [-0.25, -0.2) is 4.98 Å². The maximum Gasteiger partial charge on any atom is 0.0972 e. The molecule has 3 heterocycles. The van der Waals surface area contributed by atoms with E-state index in [1.54, 1.807) is 0 Å². The van der Waals surface area contributed by atoms with Crippen molar-refractivity contribution in [2.75, 3.05) is 19.7 Å².